The fourth-order valence-electron chi connectivity index (χ4n) is 0.920. The highest BCUT2D eigenvalue weighted by Crippen LogP contribution is 2.14. The molecule has 8 heteroatoms. The molecule has 3 N–H and O–H groups in total. The van der Waals surface area contributed by atoms with Gasteiger partial charge in [-0.25, -0.2) is 13.1 Å². The van der Waals surface area contributed by atoms with E-state index >= 15 is 0 Å². The summed E-state index contributed by atoms with van der Waals surface area (Å²) in [6.07, 6.45) is 2.81. The summed E-state index contributed by atoms with van der Waals surface area (Å²) in [4.78, 5) is 3.91. The van der Waals surface area contributed by atoms with E-state index in [1.165, 1.54) is 18.5 Å². The van der Waals surface area contributed by atoms with Crippen LogP contribution in [0.1, 0.15) is 6.92 Å². The molecule has 1 rings (SSSR count). The van der Waals surface area contributed by atoms with Gasteiger partial charge in [-0.05, 0) is 28.9 Å². The fourth-order valence-corrected chi connectivity index (χ4v) is 2.68. The maximum Gasteiger partial charge on any atom is 0.242 e. The van der Waals surface area contributed by atoms with Gasteiger partial charge in [0.25, 0.3) is 0 Å². The zero-order valence-electron chi connectivity index (χ0n) is 8.55. The van der Waals surface area contributed by atoms with E-state index in [1.807, 2.05) is 0 Å². The van der Waals surface area contributed by atoms with Gasteiger partial charge >= 0.3 is 0 Å². The topological polar surface area (TPSA) is 85.1 Å². The van der Waals surface area contributed by atoms with Crippen molar-refractivity contribution in [3.63, 3.8) is 0 Å². The molecule has 0 saturated heterocycles. The molecule has 0 bridgehead atoms. The molecule has 0 spiro atoms. The molecule has 92 valence electrons. The molecule has 0 amide bonds. The van der Waals surface area contributed by atoms with Gasteiger partial charge in [-0.15, -0.1) is 12.4 Å². The summed E-state index contributed by atoms with van der Waals surface area (Å²) in [5.74, 6) is 0. The SMILES string of the molecule is C[C@H](CN)NS(=O)(=O)c1cncc(Br)c1.Cl. The second kappa shape index (κ2) is 6.51. The van der Waals surface area contributed by atoms with E-state index in [2.05, 4.69) is 25.6 Å². The standard InChI is InChI=1S/C8H12BrN3O2S.ClH/c1-6(3-10)12-15(13,14)8-2-7(9)4-11-5-8;/h2,4-6,12H,3,10H2,1H3;1H/t6-;/m1./s1. The van der Waals surface area contributed by atoms with Crippen LogP contribution in [-0.4, -0.2) is 26.0 Å². The van der Waals surface area contributed by atoms with Crippen molar-refractivity contribution in [2.45, 2.75) is 17.9 Å². The van der Waals surface area contributed by atoms with Gasteiger partial charge in [0.05, 0.1) is 0 Å². The van der Waals surface area contributed by atoms with Crippen LogP contribution >= 0.6 is 28.3 Å². The summed E-state index contributed by atoms with van der Waals surface area (Å²) in [5.41, 5.74) is 5.34. The van der Waals surface area contributed by atoms with Gasteiger partial charge in [-0.1, -0.05) is 0 Å². The zero-order valence-corrected chi connectivity index (χ0v) is 11.8. The average molecular weight is 331 g/mol. The van der Waals surface area contributed by atoms with Gasteiger partial charge in [0.1, 0.15) is 4.90 Å². The molecule has 0 fully saturated rings. The van der Waals surface area contributed by atoms with E-state index in [1.54, 1.807) is 6.92 Å². The molecule has 1 atom stereocenters. The van der Waals surface area contributed by atoms with E-state index in [-0.39, 0.29) is 29.9 Å². The molecule has 0 aliphatic heterocycles. The molecular formula is C8H13BrClN3O2S. The smallest absolute Gasteiger partial charge is 0.242 e. The molecule has 1 aromatic rings. The van der Waals surface area contributed by atoms with Crippen LogP contribution in [0.3, 0.4) is 0 Å². The Labute approximate surface area is 109 Å². The monoisotopic (exact) mass is 329 g/mol. The molecule has 0 aliphatic rings. The summed E-state index contributed by atoms with van der Waals surface area (Å²) < 4.78 is 26.5. The van der Waals surface area contributed by atoms with Gasteiger partial charge in [-0.3, -0.25) is 4.98 Å². The molecule has 1 heterocycles. The first-order chi connectivity index (χ1) is 6.95. The lowest BCUT2D eigenvalue weighted by molar-refractivity contribution is 0.562. The molecule has 0 radical (unpaired) electrons. The van der Waals surface area contributed by atoms with Crippen LogP contribution in [0.5, 0.6) is 0 Å². The van der Waals surface area contributed by atoms with E-state index in [0.29, 0.717) is 4.47 Å². The minimum atomic E-state index is -3.52. The van der Waals surface area contributed by atoms with Crippen LogP contribution in [0.25, 0.3) is 0 Å². The minimum Gasteiger partial charge on any atom is -0.329 e. The number of rotatable bonds is 4. The molecule has 1 aromatic heterocycles. The van der Waals surface area contributed by atoms with Gasteiger partial charge < -0.3 is 5.73 Å². The predicted octanol–water partition coefficient (Wildman–Crippen LogP) is 0.891. The fraction of sp³-hybridized carbons (Fsp3) is 0.375. The van der Waals surface area contributed by atoms with Crippen LogP contribution in [-0.2, 0) is 10.0 Å². The summed E-state index contributed by atoms with van der Waals surface area (Å²) in [5, 5.41) is 0. The van der Waals surface area contributed by atoms with Crippen LogP contribution in [0.2, 0.25) is 0 Å². The largest absolute Gasteiger partial charge is 0.329 e. The molecule has 16 heavy (non-hydrogen) atoms. The van der Waals surface area contributed by atoms with E-state index in [4.69, 9.17) is 5.73 Å². The third-order valence-corrected chi connectivity index (χ3v) is 3.69. The normalized spacial score (nSPS) is 12.9. The highest BCUT2D eigenvalue weighted by atomic mass is 79.9. The molecule has 0 saturated carbocycles. The van der Waals surface area contributed by atoms with Crippen molar-refractivity contribution in [2.75, 3.05) is 6.54 Å². The number of aromatic nitrogens is 1. The lowest BCUT2D eigenvalue weighted by atomic mass is 10.4. The zero-order chi connectivity index (χ0) is 11.5. The first-order valence-corrected chi connectivity index (χ1v) is 6.56. The number of nitrogens with zero attached hydrogens (tertiary/aromatic N) is 1. The van der Waals surface area contributed by atoms with Crippen molar-refractivity contribution >= 4 is 38.4 Å². The molecule has 0 aromatic carbocycles. The van der Waals surface area contributed by atoms with Gasteiger partial charge in [0.15, 0.2) is 0 Å². The highest BCUT2D eigenvalue weighted by Gasteiger charge is 2.16. The van der Waals surface area contributed by atoms with Gasteiger partial charge in [0, 0.05) is 29.5 Å². The average Bonchev–Trinajstić information content (AvgIpc) is 2.17. The summed E-state index contributed by atoms with van der Waals surface area (Å²) >= 11 is 3.16. The Bertz CT molecular complexity index is 441. The van der Waals surface area contributed by atoms with Crippen molar-refractivity contribution in [1.82, 2.24) is 9.71 Å². The van der Waals surface area contributed by atoms with E-state index in [9.17, 15) is 8.42 Å². The highest BCUT2D eigenvalue weighted by molar-refractivity contribution is 9.10. The van der Waals surface area contributed by atoms with Crippen LogP contribution in [0.4, 0.5) is 0 Å². The number of halogens is 2. The van der Waals surface area contributed by atoms with E-state index in [0.717, 1.165) is 0 Å². The Balaban J connectivity index is 0.00000225. The Morgan fingerprint density at radius 3 is 2.69 bits per heavy atom. The Hall–Kier alpha value is -0.210. The number of sulfonamides is 1. The Morgan fingerprint density at radius 1 is 1.56 bits per heavy atom. The first-order valence-electron chi connectivity index (χ1n) is 4.28. The first kappa shape index (κ1) is 15.8. The summed E-state index contributed by atoms with van der Waals surface area (Å²) in [6.45, 7) is 1.95. The maximum absolute atomic E-state index is 11.7. The molecule has 0 unspecified atom stereocenters. The van der Waals surface area contributed by atoms with Crippen molar-refractivity contribution < 1.29 is 8.42 Å². The maximum atomic E-state index is 11.7. The molecular weight excluding hydrogens is 318 g/mol. The van der Waals surface area contributed by atoms with Crippen molar-refractivity contribution in [2.24, 2.45) is 5.73 Å². The molecule has 5 nitrogen and oxygen atoms in total. The molecule has 0 aliphatic carbocycles. The van der Waals surface area contributed by atoms with Crippen molar-refractivity contribution in [3.8, 4) is 0 Å². The number of nitrogens with one attached hydrogen (secondary N) is 1. The van der Waals surface area contributed by atoms with E-state index < -0.39 is 10.0 Å². The number of hydrogen-bond donors (Lipinski definition) is 2. The van der Waals surface area contributed by atoms with Crippen molar-refractivity contribution in [1.29, 1.82) is 0 Å². The predicted molar refractivity (Wildman–Crippen MR) is 68.0 cm³/mol. The lowest BCUT2D eigenvalue weighted by Gasteiger charge is -2.11. The van der Waals surface area contributed by atoms with Crippen molar-refractivity contribution in [3.05, 3.63) is 22.9 Å². The van der Waals surface area contributed by atoms with Crippen LogP contribution in [0, 0.1) is 0 Å². The minimum absolute atomic E-state index is 0. The summed E-state index contributed by atoms with van der Waals surface area (Å²) in [7, 11) is -3.52. The number of nitrogens with two attached hydrogens (primary N) is 1. The second-order valence-corrected chi connectivity index (χ2v) is 5.73. The van der Waals surface area contributed by atoms with Crippen LogP contribution in [0.15, 0.2) is 27.8 Å². The summed E-state index contributed by atoms with van der Waals surface area (Å²) in [6, 6.07) is 1.19. The van der Waals surface area contributed by atoms with Gasteiger partial charge in [0.2, 0.25) is 10.0 Å². The third-order valence-electron chi connectivity index (χ3n) is 1.70. The van der Waals surface area contributed by atoms with Crippen LogP contribution < -0.4 is 10.5 Å². The Kier molecular flexibility index (Phi) is 6.42. The Morgan fingerprint density at radius 2 is 2.19 bits per heavy atom. The number of pyridine rings is 1. The third kappa shape index (κ3) is 4.34. The second-order valence-electron chi connectivity index (χ2n) is 3.10. The number of hydrogen-bond acceptors (Lipinski definition) is 4. The van der Waals surface area contributed by atoms with Gasteiger partial charge in [-0.2, -0.15) is 0 Å². The lowest BCUT2D eigenvalue weighted by Crippen LogP contribution is -2.37. The quantitative estimate of drug-likeness (QED) is 0.858.